The number of carbonyl (C=O) groups is 3. The molecular weight excluding hydrogens is 340 g/mol. The lowest BCUT2D eigenvalue weighted by molar-refractivity contribution is -0.256. The molecule has 3 aromatic rings. The molecule has 0 fully saturated rings. The molecule has 0 amide bonds. The Morgan fingerprint density at radius 3 is 2.19 bits per heavy atom. The Balaban J connectivity index is 2.21. The van der Waals surface area contributed by atoms with Crippen LogP contribution in [0, 0.1) is 0 Å². The first-order valence-electron chi connectivity index (χ1n) is 7.30. The summed E-state index contributed by atoms with van der Waals surface area (Å²) in [5, 5.41) is 36.5. The van der Waals surface area contributed by atoms with Crippen LogP contribution in [0.15, 0.2) is 48.7 Å². The Morgan fingerprint density at radius 2 is 1.54 bits per heavy atom. The molecule has 1 aromatic heterocycles. The highest BCUT2D eigenvalue weighted by Gasteiger charge is 2.12. The van der Waals surface area contributed by atoms with E-state index in [4.69, 9.17) is 0 Å². The minimum atomic E-state index is -1.53. The third kappa shape index (κ3) is 3.16. The smallest absolute Gasteiger partial charge is 0.0752 e. The normalized spacial score (nSPS) is 10.5. The minimum Gasteiger partial charge on any atom is -0.545 e. The molecule has 0 aliphatic heterocycles. The molecule has 8 nitrogen and oxygen atoms in total. The summed E-state index contributed by atoms with van der Waals surface area (Å²) in [6.45, 7) is 0. The molecule has 0 radical (unpaired) electrons. The SMILES string of the molecule is O=C([O-])c1cccc(Nc2c(C(=O)[O-])cnc3ccc(C(=O)[O-])cc23)c1. The molecule has 1 N–H and O–H groups in total. The van der Waals surface area contributed by atoms with E-state index in [2.05, 4.69) is 10.3 Å². The van der Waals surface area contributed by atoms with Crippen LogP contribution in [0.2, 0.25) is 0 Å². The van der Waals surface area contributed by atoms with Gasteiger partial charge < -0.3 is 35.0 Å². The predicted octanol–water partition coefficient (Wildman–Crippen LogP) is -0.931. The van der Waals surface area contributed by atoms with Crippen LogP contribution in [0.25, 0.3) is 10.9 Å². The van der Waals surface area contributed by atoms with E-state index >= 15 is 0 Å². The van der Waals surface area contributed by atoms with Gasteiger partial charge in [-0.05, 0) is 35.4 Å². The topological polar surface area (TPSA) is 145 Å². The van der Waals surface area contributed by atoms with Gasteiger partial charge in [-0.2, -0.15) is 0 Å². The fourth-order valence-corrected chi connectivity index (χ4v) is 2.48. The maximum atomic E-state index is 11.4. The lowest BCUT2D eigenvalue weighted by Gasteiger charge is -2.17. The summed E-state index contributed by atoms with van der Waals surface area (Å²) in [4.78, 5) is 37.5. The molecular formula is C18H9N2O6-3. The van der Waals surface area contributed by atoms with E-state index in [1.54, 1.807) is 0 Å². The van der Waals surface area contributed by atoms with Gasteiger partial charge in [-0.25, -0.2) is 0 Å². The number of fused-ring (bicyclic) bond motifs is 1. The second-order valence-electron chi connectivity index (χ2n) is 5.35. The van der Waals surface area contributed by atoms with E-state index in [-0.39, 0.29) is 33.5 Å². The summed E-state index contributed by atoms with van der Waals surface area (Å²) >= 11 is 0. The molecule has 8 heteroatoms. The maximum absolute atomic E-state index is 11.4. The molecule has 0 spiro atoms. The van der Waals surface area contributed by atoms with Crippen LogP contribution in [0.1, 0.15) is 31.1 Å². The number of nitrogens with zero attached hydrogens (tertiary/aromatic N) is 1. The fraction of sp³-hybridized carbons (Fsp3) is 0. The molecule has 130 valence electrons. The van der Waals surface area contributed by atoms with Crippen LogP contribution in [0.3, 0.4) is 0 Å². The monoisotopic (exact) mass is 349 g/mol. The number of benzene rings is 2. The van der Waals surface area contributed by atoms with Crippen molar-refractivity contribution in [3.8, 4) is 0 Å². The fourth-order valence-electron chi connectivity index (χ4n) is 2.48. The van der Waals surface area contributed by atoms with Crippen molar-refractivity contribution in [1.29, 1.82) is 0 Å². The standard InChI is InChI=1S/C18H12N2O6/c21-16(22)9-2-1-3-11(6-9)20-15-12-7-10(17(23)24)4-5-14(12)19-8-13(15)18(25)26/h1-8H,(H,19,20)(H,21,22)(H,23,24)(H,25,26)/p-3. The quantitative estimate of drug-likeness (QED) is 0.621. The average Bonchev–Trinajstić information content (AvgIpc) is 2.61. The van der Waals surface area contributed by atoms with Gasteiger partial charge >= 0.3 is 0 Å². The van der Waals surface area contributed by atoms with Crippen LogP contribution in [-0.2, 0) is 0 Å². The molecule has 0 saturated carbocycles. The van der Waals surface area contributed by atoms with Crippen LogP contribution in [0.4, 0.5) is 11.4 Å². The first-order chi connectivity index (χ1) is 12.4. The van der Waals surface area contributed by atoms with Crippen molar-refractivity contribution in [2.45, 2.75) is 0 Å². The number of anilines is 2. The summed E-state index contributed by atoms with van der Waals surface area (Å²) in [7, 11) is 0. The second-order valence-corrected chi connectivity index (χ2v) is 5.35. The molecule has 0 bridgehead atoms. The van der Waals surface area contributed by atoms with Crippen LogP contribution in [-0.4, -0.2) is 22.9 Å². The van der Waals surface area contributed by atoms with Gasteiger partial charge in [-0.15, -0.1) is 0 Å². The highest BCUT2D eigenvalue weighted by molar-refractivity contribution is 6.06. The number of carbonyl (C=O) groups excluding carboxylic acids is 3. The molecule has 0 saturated heterocycles. The van der Waals surface area contributed by atoms with E-state index in [9.17, 15) is 29.7 Å². The summed E-state index contributed by atoms with van der Waals surface area (Å²) in [6, 6.07) is 9.44. The number of hydrogen-bond donors (Lipinski definition) is 1. The van der Waals surface area contributed by atoms with Gasteiger partial charge in [0.05, 0.1) is 29.1 Å². The van der Waals surface area contributed by atoms with Gasteiger partial charge in [0.2, 0.25) is 0 Å². The van der Waals surface area contributed by atoms with Crippen molar-refractivity contribution in [1.82, 2.24) is 4.98 Å². The molecule has 0 atom stereocenters. The number of pyridine rings is 1. The highest BCUT2D eigenvalue weighted by atomic mass is 16.4. The van der Waals surface area contributed by atoms with E-state index in [0.29, 0.717) is 5.52 Å². The van der Waals surface area contributed by atoms with Crippen LogP contribution >= 0.6 is 0 Å². The average molecular weight is 349 g/mol. The van der Waals surface area contributed by atoms with Gasteiger partial charge in [0.15, 0.2) is 0 Å². The zero-order valence-corrected chi connectivity index (χ0v) is 13.0. The Hall–Kier alpha value is -3.94. The third-order valence-electron chi connectivity index (χ3n) is 3.69. The number of carboxylic acids is 3. The van der Waals surface area contributed by atoms with Crippen molar-refractivity contribution in [2.24, 2.45) is 0 Å². The molecule has 3 rings (SSSR count). The van der Waals surface area contributed by atoms with Crippen molar-refractivity contribution < 1.29 is 29.7 Å². The lowest BCUT2D eigenvalue weighted by Crippen LogP contribution is -2.24. The Morgan fingerprint density at radius 1 is 0.846 bits per heavy atom. The largest absolute Gasteiger partial charge is 0.545 e. The summed E-state index contributed by atoms with van der Waals surface area (Å²) in [5.74, 6) is -4.36. The number of nitrogens with one attached hydrogen (secondary N) is 1. The predicted molar refractivity (Wildman–Crippen MR) is 84.5 cm³/mol. The van der Waals surface area contributed by atoms with Crippen molar-refractivity contribution in [3.63, 3.8) is 0 Å². The lowest BCUT2D eigenvalue weighted by atomic mass is 10.1. The molecule has 26 heavy (non-hydrogen) atoms. The summed E-state index contributed by atoms with van der Waals surface area (Å²) in [5.41, 5.74) is 0.0275. The van der Waals surface area contributed by atoms with Crippen molar-refractivity contribution in [3.05, 3.63) is 65.4 Å². The van der Waals surface area contributed by atoms with Gasteiger partial charge in [-0.1, -0.05) is 18.2 Å². The third-order valence-corrected chi connectivity index (χ3v) is 3.69. The number of hydrogen-bond acceptors (Lipinski definition) is 8. The van der Waals surface area contributed by atoms with Gasteiger partial charge in [0.1, 0.15) is 0 Å². The van der Waals surface area contributed by atoms with Gasteiger partial charge in [-0.3, -0.25) is 4.98 Å². The van der Waals surface area contributed by atoms with E-state index in [1.165, 1.54) is 42.5 Å². The Bertz CT molecular complexity index is 1060. The zero-order chi connectivity index (χ0) is 18.8. The number of carboxylic acid groups (broad SMARTS) is 3. The molecule has 0 aliphatic rings. The first-order valence-corrected chi connectivity index (χ1v) is 7.30. The Labute approximate surface area is 146 Å². The first kappa shape index (κ1) is 16.9. The van der Waals surface area contributed by atoms with Crippen molar-refractivity contribution >= 4 is 40.2 Å². The van der Waals surface area contributed by atoms with E-state index in [0.717, 1.165) is 6.20 Å². The zero-order valence-electron chi connectivity index (χ0n) is 13.0. The highest BCUT2D eigenvalue weighted by Crippen LogP contribution is 2.30. The van der Waals surface area contributed by atoms with E-state index in [1.807, 2.05) is 0 Å². The Kier molecular flexibility index (Phi) is 4.24. The number of rotatable bonds is 5. The van der Waals surface area contributed by atoms with E-state index < -0.39 is 17.9 Å². The molecule has 0 aliphatic carbocycles. The van der Waals surface area contributed by atoms with Crippen LogP contribution < -0.4 is 20.6 Å². The maximum Gasteiger partial charge on any atom is 0.0752 e. The summed E-state index contributed by atoms with van der Waals surface area (Å²) in [6.07, 6.45) is 1.07. The second kappa shape index (κ2) is 6.52. The minimum absolute atomic E-state index is 0.0218. The molecule has 0 unspecified atom stereocenters. The molecule has 1 heterocycles. The van der Waals surface area contributed by atoms with Crippen LogP contribution in [0.5, 0.6) is 0 Å². The molecule has 2 aromatic carbocycles. The van der Waals surface area contributed by atoms with Crippen molar-refractivity contribution in [2.75, 3.05) is 5.32 Å². The van der Waals surface area contributed by atoms with Gasteiger partial charge in [0.25, 0.3) is 0 Å². The number of aromatic carboxylic acids is 3. The van der Waals surface area contributed by atoms with Gasteiger partial charge in [0, 0.05) is 22.8 Å². The summed E-state index contributed by atoms with van der Waals surface area (Å²) < 4.78 is 0. The number of aromatic nitrogens is 1.